The molecule has 1 aromatic carbocycles. The molecule has 4 rings (SSSR count). The first-order valence-corrected chi connectivity index (χ1v) is 8.39. The Labute approximate surface area is 144 Å². The van der Waals surface area contributed by atoms with E-state index in [1.807, 2.05) is 12.1 Å². The molecule has 2 aromatic heterocycles. The highest BCUT2D eigenvalue weighted by Gasteiger charge is 2.22. The number of fused-ring (bicyclic) bond motifs is 1. The lowest BCUT2D eigenvalue weighted by atomic mass is 10.0. The molecule has 0 amide bonds. The molecule has 3 aromatic rings. The second kappa shape index (κ2) is 6.56. The van der Waals surface area contributed by atoms with Gasteiger partial charge in [-0.15, -0.1) is 5.10 Å². The molecule has 1 fully saturated rings. The van der Waals surface area contributed by atoms with E-state index in [-0.39, 0.29) is 11.4 Å². The van der Waals surface area contributed by atoms with E-state index in [1.165, 1.54) is 4.40 Å². The summed E-state index contributed by atoms with van der Waals surface area (Å²) in [6.45, 7) is 2.51. The average molecular weight is 340 g/mol. The van der Waals surface area contributed by atoms with Gasteiger partial charge in [-0.1, -0.05) is 12.1 Å². The molecule has 3 N–H and O–H groups in total. The second-order valence-electron chi connectivity index (χ2n) is 6.28. The quantitative estimate of drug-likeness (QED) is 0.652. The van der Waals surface area contributed by atoms with E-state index in [1.54, 1.807) is 24.5 Å². The molecule has 25 heavy (non-hydrogen) atoms. The molecule has 1 saturated heterocycles. The fraction of sp³-hybridized carbons (Fsp3) is 0.353. The van der Waals surface area contributed by atoms with Crippen LogP contribution in [0.2, 0.25) is 0 Å². The molecular formula is C17H20N6O2. The summed E-state index contributed by atoms with van der Waals surface area (Å²) in [6.07, 6.45) is 5.25. The van der Waals surface area contributed by atoms with E-state index in [2.05, 4.69) is 25.4 Å². The lowest BCUT2D eigenvalue weighted by molar-refractivity contribution is 0.412. The van der Waals surface area contributed by atoms with Crippen LogP contribution in [-0.4, -0.2) is 43.8 Å². The van der Waals surface area contributed by atoms with Crippen molar-refractivity contribution in [1.82, 2.24) is 24.9 Å². The number of aromatic hydroxyl groups is 1. The molecule has 8 heteroatoms. The van der Waals surface area contributed by atoms with Gasteiger partial charge in [-0.3, -0.25) is 0 Å². The number of aromatic amines is 1. The standard InChI is InChI=1S/C17H20N6O2/c24-14-3-1-12(2-4-14)11-19-13-5-8-22(9-6-13)15-16-20-21-17(25)23(16)10-7-18-15/h1-4,7,10,13,19,24H,5-6,8-9,11H2,(H,21,25). The topological polar surface area (TPSA) is 98.5 Å². The molecular weight excluding hydrogens is 320 g/mol. The van der Waals surface area contributed by atoms with Gasteiger partial charge in [-0.05, 0) is 30.5 Å². The lowest BCUT2D eigenvalue weighted by Crippen LogP contribution is -2.42. The summed E-state index contributed by atoms with van der Waals surface area (Å²) < 4.78 is 1.48. The van der Waals surface area contributed by atoms with Crippen LogP contribution in [0.15, 0.2) is 41.5 Å². The van der Waals surface area contributed by atoms with E-state index in [9.17, 15) is 9.90 Å². The van der Waals surface area contributed by atoms with Crippen molar-refractivity contribution in [2.75, 3.05) is 18.0 Å². The Morgan fingerprint density at radius 3 is 2.76 bits per heavy atom. The van der Waals surface area contributed by atoms with E-state index in [4.69, 9.17) is 0 Å². The van der Waals surface area contributed by atoms with Crippen molar-refractivity contribution in [3.05, 3.63) is 52.7 Å². The van der Waals surface area contributed by atoms with Crippen molar-refractivity contribution in [3.63, 3.8) is 0 Å². The van der Waals surface area contributed by atoms with Gasteiger partial charge in [-0.25, -0.2) is 19.3 Å². The van der Waals surface area contributed by atoms with Crippen LogP contribution in [0.5, 0.6) is 5.75 Å². The predicted molar refractivity (Wildman–Crippen MR) is 93.8 cm³/mol. The van der Waals surface area contributed by atoms with Gasteiger partial charge in [0.05, 0.1) is 0 Å². The van der Waals surface area contributed by atoms with Crippen LogP contribution in [0.1, 0.15) is 18.4 Å². The molecule has 0 bridgehead atoms. The van der Waals surface area contributed by atoms with Crippen LogP contribution in [0, 0.1) is 0 Å². The number of aromatic nitrogens is 4. The van der Waals surface area contributed by atoms with Gasteiger partial charge in [0.15, 0.2) is 5.82 Å². The largest absolute Gasteiger partial charge is 0.508 e. The zero-order chi connectivity index (χ0) is 17.2. The fourth-order valence-electron chi connectivity index (χ4n) is 3.22. The Kier molecular flexibility index (Phi) is 4.10. The third-order valence-corrected chi connectivity index (χ3v) is 4.64. The average Bonchev–Trinajstić information content (AvgIpc) is 3.03. The fourth-order valence-corrected chi connectivity index (χ4v) is 3.22. The predicted octanol–water partition coefficient (Wildman–Crippen LogP) is 0.882. The maximum atomic E-state index is 11.7. The Bertz CT molecular complexity index is 909. The van der Waals surface area contributed by atoms with Crippen LogP contribution in [0.25, 0.3) is 5.65 Å². The van der Waals surface area contributed by atoms with Gasteiger partial charge in [0.1, 0.15) is 5.75 Å². The van der Waals surface area contributed by atoms with Crippen molar-refractivity contribution in [1.29, 1.82) is 0 Å². The Morgan fingerprint density at radius 2 is 2.00 bits per heavy atom. The van der Waals surface area contributed by atoms with Crippen molar-refractivity contribution < 1.29 is 5.11 Å². The van der Waals surface area contributed by atoms with Gasteiger partial charge >= 0.3 is 5.69 Å². The van der Waals surface area contributed by atoms with Crippen LogP contribution in [0.3, 0.4) is 0 Å². The third kappa shape index (κ3) is 3.20. The minimum absolute atomic E-state index is 0.246. The van der Waals surface area contributed by atoms with Crippen molar-refractivity contribution in [2.24, 2.45) is 0 Å². The number of hydrogen-bond donors (Lipinski definition) is 3. The number of nitrogens with zero attached hydrogens (tertiary/aromatic N) is 4. The summed E-state index contributed by atoms with van der Waals surface area (Å²) in [4.78, 5) is 18.3. The molecule has 0 aliphatic carbocycles. The van der Waals surface area contributed by atoms with Crippen LogP contribution in [-0.2, 0) is 6.54 Å². The minimum atomic E-state index is -0.246. The van der Waals surface area contributed by atoms with Gasteiger partial charge in [0.2, 0.25) is 5.65 Å². The van der Waals surface area contributed by atoms with E-state index in [0.29, 0.717) is 11.7 Å². The van der Waals surface area contributed by atoms with Gasteiger partial charge in [0.25, 0.3) is 0 Å². The smallest absolute Gasteiger partial charge is 0.347 e. The monoisotopic (exact) mass is 340 g/mol. The molecule has 3 heterocycles. The number of phenols is 1. The maximum absolute atomic E-state index is 11.7. The number of phenolic OH excluding ortho intramolecular Hbond substituents is 1. The highest BCUT2D eigenvalue weighted by Crippen LogP contribution is 2.21. The van der Waals surface area contributed by atoms with Crippen LogP contribution < -0.4 is 15.9 Å². The van der Waals surface area contributed by atoms with E-state index < -0.39 is 0 Å². The lowest BCUT2D eigenvalue weighted by Gasteiger charge is -2.33. The molecule has 0 spiro atoms. The molecule has 0 radical (unpaired) electrons. The molecule has 1 aliphatic heterocycles. The van der Waals surface area contributed by atoms with E-state index >= 15 is 0 Å². The first kappa shape index (κ1) is 15.6. The minimum Gasteiger partial charge on any atom is -0.508 e. The summed E-state index contributed by atoms with van der Waals surface area (Å²) >= 11 is 0. The normalized spacial score (nSPS) is 15.8. The van der Waals surface area contributed by atoms with Gasteiger partial charge in [0, 0.05) is 38.1 Å². The number of rotatable bonds is 4. The zero-order valence-corrected chi connectivity index (χ0v) is 13.7. The Balaban J connectivity index is 1.38. The van der Waals surface area contributed by atoms with Gasteiger partial charge < -0.3 is 15.3 Å². The molecule has 1 aliphatic rings. The number of H-pyrrole nitrogens is 1. The number of anilines is 1. The summed E-state index contributed by atoms with van der Waals surface area (Å²) in [7, 11) is 0. The molecule has 0 atom stereocenters. The maximum Gasteiger partial charge on any atom is 0.347 e. The molecule has 0 unspecified atom stereocenters. The summed E-state index contributed by atoms with van der Waals surface area (Å²) in [5.74, 6) is 1.04. The number of hydrogen-bond acceptors (Lipinski definition) is 6. The SMILES string of the molecule is O=c1[nH]nc2c(N3CCC(NCc4ccc(O)cc4)CC3)nccn12. The van der Waals surface area contributed by atoms with Crippen LogP contribution >= 0.6 is 0 Å². The van der Waals surface area contributed by atoms with Crippen molar-refractivity contribution in [3.8, 4) is 5.75 Å². The first-order valence-electron chi connectivity index (χ1n) is 8.39. The van der Waals surface area contributed by atoms with Crippen molar-refractivity contribution in [2.45, 2.75) is 25.4 Å². The first-order chi connectivity index (χ1) is 12.2. The van der Waals surface area contributed by atoms with Crippen LogP contribution in [0.4, 0.5) is 5.82 Å². The highest BCUT2D eigenvalue weighted by atomic mass is 16.3. The second-order valence-corrected chi connectivity index (χ2v) is 6.28. The molecule has 8 nitrogen and oxygen atoms in total. The summed E-state index contributed by atoms with van der Waals surface area (Å²) in [5, 5.41) is 19.4. The zero-order valence-electron chi connectivity index (χ0n) is 13.7. The third-order valence-electron chi connectivity index (χ3n) is 4.64. The highest BCUT2D eigenvalue weighted by molar-refractivity contribution is 5.63. The number of benzene rings is 1. The Morgan fingerprint density at radius 1 is 1.24 bits per heavy atom. The van der Waals surface area contributed by atoms with E-state index in [0.717, 1.165) is 43.9 Å². The van der Waals surface area contributed by atoms with Gasteiger partial charge in [-0.2, -0.15) is 0 Å². The summed E-state index contributed by atoms with van der Waals surface area (Å²) in [6, 6.07) is 7.70. The molecule has 0 saturated carbocycles. The number of piperidine rings is 1. The summed E-state index contributed by atoms with van der Waals surface area (Å²) in [5.41, 5.74) is 1.48. The molecule has 130 valence electrons. The van der Waals surface area contributed by atoms with Crippen molar-refractivity contribution >= 4 is 11.5 Å². The number of nitrogens with one attached hydrogen (secondary N) is 2. The Hall–Kier alpha value is -2.87.